The van der Waals surface area contributed by atoms with Gasteiger partial charge in [0.25, 0.3) is 0 Å². The van der Waals surface area contributed by atoms with Crippen LogP contribution in [0.5, 0.6) is 5.75 Å². The molecule has 0 unspecified atom stereocenters. The lowest BCUT2D eigenvalue weighted by Gasteiger charge is -2.17. The van der Waals surface area contributed by atoms with Gasteiger partial charge in [0, 0.05) is 0 Å². The molecular weight excluding hydrogens is 186 g/mol. The second-order valence-electron chi connectivity index (χ2n) is 4.12. The quantitative estimate of drug-likeness (QED) is 0.801. The summed E-state index contributed by atoms with van der Waals surface area (Å²) in [6.45, 7) is 2.29. The van der Waals surface area contributed by atoms with E-state index in [2.05, 4.69) is 23.5 Å². The van der Waals surface area contributed by atoms with E-state index in [0.29, 0.717) is 5.92 Å². The normalized spacial score (nSPS) is 22.1. The van der Waals surface area contributed by atoms with E-state index in [-0.39, 0.29) is 0 Å². The van der Waals surface area contributed by atoms with Crippen LogP contribution >= 0.6 is 0 Å². The molecule has 2 rings (SSSR count). The summed E-state index contributed by atoms with van der Waals surface area (Å²) >= 11 is 0. The third-order valence-electron chi connectivity index (χ3n) is 3.15. The molecule has 1 aromatic carbocycles. The maximum absolute atomic E-state index is 5.42. The van der Waals surface area contributed by atoms with Gasteiger partial charge in [-0.15, -0.1) is 0 Å². The van der Waals surface area contributed by atoms with E-state index >= 15 is 0 Å². The molecule has 1 N–H and O–H groups in total. The van der Waals surface area contributed by atoms with Crippen LogP contribution in [-0.2, 0) is 0 Å². The lowest BCUT2D eigenvalue weighted by Crippen LogP contribution is -2.13. The topological polar surface area (TPSA) is 21.3 Å². The molecule has 0 aromatic heterocycles. The van der Waals surface area contributed by atoms with Crippen molar-refractivity contribution in [1.82, 2.24) is 5.32 Å². The number of hydrogen-bond acceptors (Lipinski definition) is 2. The minimum absolute atomic E-state index is 0.663. The third kappa shape index (κ3) is 2.51. The number of para-hydroxylation sites is 1. The predicted octanol–water partition coefficient (Wildman–Crippen LogP) is 2.55. The fraction of sp³-hybridized carbons (Fsp3) is 0.538. The van der Waals surface area contributed by atoms with Crippen molar-refractivity contribution in [2.24, 2.45) is 0 Å². The number of hydrogen-bond donors (Lipinski definition) is 1. The van der Waals surface area contributed by atoms with Crippen molar-refractivity contribution >= 4 is 0 Å². The van der Waals surface area contributed by atoms with Gasteiger partial charge in [-0.05, 0) is 49.9 Å². The van der Waals surface area contributed by atoms with Crippen LogP contribution in [0, 0.1) is 0 Å². The van der Waals surface area contributed by atoms with Crippen LogP contribution in [0.25, 0.3) is 0 Å². The number of benzene rings is 1. The van der Waals surface area contributed by atoms with Gasteiger partial charge in [0.2, 0.25) is 0 Å². The maximum atomic E-state index is 5.42. The van der Waals surface area contributed by atoms with Crippen LogP contribution in [-0.4, -0.2) is 20.2 Å². The van der Waals surface area contributed by atoms with Gasteiger partial charge in [-0.25, -0.2) is 0 Å². The molecule has 0 bridgehead atoms. The molecule has 1 atom stereocenters. The van der Waals surface area contributed by atoms with Gasteiger partial charge in [0.15, 0.2) is 0 Å². The lowest BCUT2D eigenvalue weighted by atomic mass is 9.91. The molecule has 1 fully saturated rings. The van der Waals surface area contributed by atoms with Gasteiger partial charge >= 0.3 is 0 Å². The Morgan fingerprint density at radius 3 is 2.93 bits per heavy atom. The second-order valence-corrected chi connectivity index (χ2v) is 4.12. The van der Waals surface area contributed by atoms with Crippen LogP contribution in [0.2, 0.25) is 0 Å². The van der Waals surface area contributed by atoms with Gasteiger partial charge in [0.05, 0.1) is 7.11 Å². The van der Waals surface area contributed by atoms with E-state index in [4.69, 9.17) is 4.74 Å². The van der Waals surface area contributed by atoms with Crippen molar-refractivity contribution < 1.29 is 4.74 Å². The highest BCUT2D eigenvalue weighted by molar-refractivity contribution is 5.36. The standard InChI is InChI=1S/C13H19NO/c1-15-13-7-3-2-6-12(13)11-5-4-9-14-10-8-11/h2-3,6-7,11,14H,4-5,8-10H2,1H3/t11-/m1/s1. The molecule has 1 aliphatic rings. The van der Waals surface area contributed by atoms with Crippen LogP contribution in [0.1, 0.15) is 30.7 Å². The molecule has 1 aromatic rings. The molecule has 0 radical (unpaired) electrons. The van der Waals surface area contributed by atoms with Gasteiger partial charge in [-0.1, -0.05) is 18.2 Å². The molecule has 1 aliphatic heterocycles. The number of methoxy groups -OCH3 is 1. The summed E-state index contributed by atoms with van der Waals surface area (Å²) in [5.41, 5.74) is 1.38. The van der Waals surface area contributed by atoms with E-state index in [1.54, 1.807) is 7.11 Å². The SMILES string of the molecule is COc1ccccc1[C@@H]1CCCNCC1. The molecule has 0 aliphatic carbocycles. The Balaban J connectivity index is 2.18. The minimum atomic E-state index is 0.663. The highest BCUT2D eigenvalue weighted by Gasteiger charge is 2.16. The predicted molar refractivity (Wildman–Crippen MR) is 62.5 cm³/mol. The summed E-state index contributed by atoms with van der Waals surface area (Å²) in [5, 5.41) is 3.44. The fourth-order valence-electron chi connectivity index (χ4n) is 2.33. The van der Waals surface area contributed by atoms with Crippen LogP contribution < -0.4 is 10.1 Å². The van der Waals surface area contributed by atoms with Crippen LogP contribution in [0.4, 0.5) is 0 Å². The first-order valence-corrected chi connectivity index (χ1v) is 5.75. The fourth-order valence-corrected chi connectivity index (χ4v) is 2.33. The van der Waals surface area contributed by atoms with E-state index in [1.807, 2.05) is 6.07 Å². The van der Waals surface area contributed by atoms with Crippen LogP contribution in [0.15, 0.2) is 24.3 Å². The summed E-state index contributed by atoms with van der Waals surface area (Å²) < 4.78 is 5.42. The average molecular weight is 205 g/mol. The summed E-state index contributed by atoms with van der Waals surface area (Å²) in [6, 6.07) is 8.41. The number of rotatable bonds is 2. The Kier molecular flexibility index (Phi) is 3.62. The smallest absolute Gasteiger partial charge is 0.122 e. The summed E-state index contributed by atoms with van der Waals surface area (Å²) in [7, 11) is 1.76. The second kappa shape index (κ2) is 5.17. The Morgan fingerprint density at radius 1 is 1.20 bits per heavy atom. The van der Waals surface area contributed by atoms with E-state index in [1.165, 1.54) is 24.8 Å². The van der Waals surface area contributed by atoms with Crippen molar-refractivity contribution in [3.8, 4) is 5.75 Å². The highest BCUT2D eigenvalue weighted by Crippen LogP contribution is 2.32. The van der Waals surface area contributed by atoms with Crippen LogP contribution in [0.3, 0.4) is 0 Å². The van der Waals surface area contributed by atoms with E-state index < -0.39 is 0 Å². The molecule has 82 valence electrons. The zero-order valence-corrected chi connectivity index (χ0v) is 9.33. The molecule has 0 spiro atoms. The zero-order chi connectivity index (χ0) is 10.5. The van der Waals surface area contributed by atoms with Gasteiger partial charge in [0.1, 0.15) is 5.75 Å². The summed E-state index contributed by atoms with van der Waals surface area (Å²) in [5.74, 6) is 1.71. The number of ether oxygens (including phenoxy) is 1. The van der Waals surface area contributed by atoms with Gasteiger partial charge in [-0.2, -0.15) is 0 Å². The highest BCUT2D eigenvalue weighted by atomic mass is 16.5. The Morgan fingerprint density at radius 2 is 2.07 bits per heavy atom. The molecule has 15 heavy (non-hydrogen) atoms. The Hall–Kier alpha value is -1.02. The molecule has 0 amide bonds. The van der Waals surface area contributed by atoms with Gasteiger partial charge < -0.3 is 10.1 Å². The molecule has 1 saturated heterocycles. The van der Waals surface area contributed by atoms with Gasteiger partial charge in [-0.3, -0.25) is 0 Å². The minimum Gasteiger partial charge on any atom is -0.496 e. The summed E-state index contributed by atoms with van der Waals surface area (Å²) in [4.78, 5) is 0. The first-order valence-electron chi connectivity index (χ1n) is 5.75. The largest absolute Gasteiger partial charge is 0.496 e. The molecule has 0 saturated carbocycles. The first kappa shape index (κ1) is 10.5. The van der Waals surface area contributed by atoms with Crippen molar-refractivity contribution in [2.75, 3.05) is 20.2 Å². The van der Waals surface area contributed by atoms with Crippen molar-refractivity contribution in [2.45, 2.75) is 25.2 Å². The zero-order valence-electron chi connectivity index (χ0n) is 9.33. The van der Waals surface area contributed by atoms with Crippen molar-refractivity contribution in [1.29, 1.82) is 0 Å². The lowest BCUT2D eigenvalue weighted by molar-refractivity contribution is 0.402. The molecule has 2 nitrogen and oxygen atoms in total. The molecule has 1 heterocycles. The maximum Gasteiger partial charge on any atom is 0.122 e. The van der Waals surface area contributed by atoms with Crippen molar-refractivity contribution in [3.05, 3.63) is 29.8 Å². The van der Waals surface area contributed by atoms with Crippen molar-refractivity contribution in [3.63, 3.8) is 0 Å². The average Bonchev–Trinajstić information content (AvgIpc) is 2.57. The molecule has 2 heteroatoms. The van der Waals surface area contributed by atoms with E-state index in [0.717, 1.165) is 18.8 Å². The molecular formula is C13H19NO. The number of nitrogens with one attached hydrogen (secondary N) is 1. The third-order valence-corrected chi connectivity index (χ3v) is 3.15. The first-order chi connectivity index (χ1) is 7.42. The Bertz CT molecular complexity index is 303. The monoisotopic (exact) mass is 205 g/mol. The Labute approximate surface area is 91.6 Å². The van der Waals surface area contributed by atoms with E-state index in [9.17, 15) is 0 Å². The summed E-state index contributed by atoms with van der Waals surface area (Å²) in [6.07, 6.45) is 3.76.